The molecule has 0 saturated heterocycles. The lowest BCUT2D eigenvalue weighted by Crippen LogP contribution is -2.34. The Balaban J connectivity index is 2.09. The number of nitrogens with one attached hydrogen (secondary N) is 2. The van der Waals surface area contributed by atoms with E-state index < -0.39 is 5.69 Å². The largest absolute Gasteiger partial charge is 0.416 e. The van der Waals surface area contributed by atoms with Crippen LogP contribution in [0.2, 0.25) is 0 Å². The lowest BCUT2D eigenvalue weighted by atomic mass is 10.00. The molecule has 25 heavy (non-hydrogen) atoms. The van der Waals surface area contributed by atoms with Crippen LogP contribution >= 0.6 is 0 Å². The molecule has 2 aromatic carbocycles. The summed E-state index contributed by atoms with van der Waals surface area (Å²) in [5.41, 5.74) is 1.50. The molecule has 0 bridgehead atoms. The Morgan fingerprint density at radius 3 is 2.52 bits per heavy atom. The van der Waals surface area contributed by atoms with E-state index >= 15 is 0 Å². The fourth-order valence-electron chi connectivity index (χ4n) is 3.32. The van der Waals surface area contributed by atoms with Gasteiger partial charge in [-0.15, -0.1) is 0 Å². The minimum atomic E-state index is -0.403. The number of pyridine rings is 1. The van der Waals surface area contributed by atoms with Gasteiger partial charge in [-0.2, -0.15) is 4.57 Å². The highest BCUT2D eigenvalue weighted by Gasteiger charge is 2.21. The van der Waals surface area contributed by atoms with Crippen molar-refractivity contribution in [1.29, 1.82) is 0 Å². The van der Waals surface area contributed by atoms with Gasteiger partial charge in [0.25, 0.3) is 11.2 Å². The highest BCUT2D eigenvalue weighted by molar-refractivity contribution is 5.94. The summed E-state index contributed by atoms with van der Waals surface area (Å²) in [6.45, 7) is 3.82. The third-order valence-electron chi connectivity index (χ3n) is 4.46. The first kappa shape index (κ1) is 15.3. The SMILES string of the molecule is CC(C)n1c(=O)[nH]c(=O)c2c(-c3ccc4ccccc4c3)cc[nH+]c21. The molecule has 0 aliphatic rings. The maximum atomic E-state index is 12.5. The van der Waals surface area contributed by atoms with Crippen LogP contribution in [0.5, 0.6) is 0 Å². The first-order valence-electron chi connectivity index (χ1n) is 8.24. The van der Waals surface area contributed by atoms with E-state index in [0.717, 1.165) is 21.9 Å². The van der Waals surface area contributed by atoms with Crippen LogP contribution in [0.3, 0.4) is 0 Å². The zero-order valence-electron chi connectivity index (χ0n) is 14.0. The van der Waals surface area contributed by atoms with E-state index in [1.807, 2.05) is 50.2 Å². The summed E-state index contributed by atoms with van der Waals surface area (Å²) in [7, 11) is 0. The van der Waals surface area contributed by atoms with E-state index in [9.17, 15) is 9.59 Å². The number of aromatic nitrogens is 3. The van der Waals surface area contributed by atoms with E-state index in [4.69, 9.17) is 0 Å². The highest BCUT2D eigenvalue weighted by atomic mass is 16.2. The molecule has 2 aromatic heterocycles. The standard InChI is InChI=1S/C20H17N3O2/c1-12(2)23-18-17(19(24)22-20(23)25)16(9-10-21-18)15-8-7-13-5-3-4-6-14(13)11-15/h3-12H,1-2H3,(H,22,24,25)/p+1. The molecule has 0 spiro atoms. The topological polar surface area (TPSA) is 69.0 Å². The van der Waals surface area contributed by atoms with Crippen molar-refractivity contribution >= 4 is 21.8 Å². The average molecular weight is 332 g/mol. The number of hydrogen-bond acceptors (Lipinski definition) is 2. The van der Waals surface area contributed by atoms with Crippen LogP contribution in [-0.2, 0) is 0 Å². The monoisotopic (exact) mass is 332 g/mol. The van der Waals surface area contributed by atoms with Gasteiger partial charge in [-0.3, -0.25) is 9.78 Å². The molecule has 2 N–H and O–H groups in total. The Morgan fingerprint density at radius 1 is 1.00 bits per heavy atom. The molecule has 4 rings (SSSR count). The maximum absolute atomic E-state index is 12.5. The fourth-order valence-corrected chi connectivity index (χ4v) is 3.32. The fraction of sp³-hybridized carbons (Fsp3) is 0.150. The second kappa shape index (κ2) is 5.70. The third kappa shape index (κ3) is 2.45. The van der Waals surface area contributed by atoms with Crippen LogP contribution in [0.25, 0.3) is 32.9 Å². The summed E-state index contributed by atoms with van der Waals surface area (Å²) in [5, 5.41) is 2.74. The van der Waals surface area contributed by atoms with Crippen molar-refractivity contribution in [3.8, 4) is 11.1 Å². The van der Waals surface area contributed by atoms with Crippen molar-refractivity contribution in [3.63, 3.8) is 0 Å². The van der Waals surface area contributed by atoms with Crippen LogP contribution in [0.1, 0.15) is 19.9 Å². The molecule has 5 heteroatoms. The number of benzene rings is 2. The van der Waals surface area contributed by atoms with Crippen LogP contribution in [-0.4, -0.2) is 9.55 Å². The van der Waals surface area contributed by atoms with E-state index in [1.54, 1.807) is 10.8 Å². The first-order valence-corrected chi connectivity index (χ1v) is 8.24. The number of fused-ring (bicyclic) bond motifs is 2. The van der Waals surface area contributed by atoms with Gasteiger partial charge in [0, 0.05) is 5.56 Å². The lowest BCUT2D eigenvalue weighted by Gasteiger charge is -2.09. The smallest absolute Gasteiger partial charge is 0.268 e. The normalized spacial score (nSPS) is 11.5. The maximum Gasteiger partial charge on any atom is 0.416 e. The van der Waals surface area contributed by atoms with Crippen molar-refractivity contribution < 1.29 is 4.98 Å². The van der Waals surface area contributed by atoms with E-state index in [1.165, 1.54) is 0 Å². The van der Waals surface area contributed by atoms with Crippen LogP contribution < -0.4 is 16.2 Å². The van der Waals surface area contributed by atoms with Gasteiger partial charge in [0.2, 0.25) is 0 Å². The van der Waals surface area contributed by atoms with Gasteiger partial charge in [-0.05, 0) is 42.3 Å². The molecule has 2 heterocycles. The Kier molecular flexibility index (Phi) is 3.50. The molecule has 4 aromatic rings. The Labute approximate surface area is 143 Å². The molecule has 0 atom stereocenters. The summed E-state index contributed by atoms with van der Waals surface area (Å²) in [6.07, 6.45) is 1.77. The van der Waals surface area contributed by atoms with Crippen molar-refractivity contribution in [2.75, 3.05) is 0 Å². The lowest BCUT2D eigenvalue weighted by molar-refractivity contribution is -0.350. The molecule has 124 valence electrons. The number of nitrogens with zero attached hydrogens (tertiary/aromatic N) is 1. The second-order valence-electron chi connectivity index (χ2n) is 6.40. The predicted molar refractivity (Wildman–Crippen MR) is 98.7 cm³/mol. The minimum absolute atomic E-state index is 0.0741. The zero-order chi connectivity index (χ0) is 17.6. The van der Waals surface area contributed by atoms with Gasteiger partial charge in [-0.25, -0.2) is 9.78 Å². The zero-order valence-corrected chi connectivity index (χ0v) is 14.0. The Hall–Kier alpha value is -3.21. The van der Waals surface area contributed by atoms with Crippen molar-refractivity contribution in [2.45, 2.75) is 19.9 Å². The van der Waals surface area contributed by atoms with Crippen molar-refractivity contribution in [1.82, 2.24) is 9.55 Å². The molecule has 0 aliphatic heterocycles. The predicted octanol–water partition coefficient (Wildman–Crippen LogP) is 2.91. The van der Waals surface area contributed by atoms with Crippen LogP contribution in [0.15, 0.2) is 64.3 Å². The summed E-state index contributed by atoms with van der Waals surface area (Å²) >= 11 is 0. The average Bonchev–Trinajstić information content (AvgIpc) is 2.60. The number of hydrogen-bond donors (Lipinski definition) is 1. The van der Waals surface area contributed by atoms with E-state index in [-0.39, 0.29) is 11.6 Å². The van der Waals surface area contributed by atoms with E-state index in [2.05, 4.69) is 22.1 Å². The molecule has 0 saturated carbocycles. The molecule has 0 amide bonds. The van der Waals surface area contributed by atoms with E-state index in [0.29, 0.717) is 11.0 Å². The van der Waals surface area contributed by atoms with Gasteiger partial charge in [0.1, 0.15) is 11.4 Å². The quantitative estimate of drug-likeness (QED) is 0.613. The number of rotatable bonds is 2. The van der Waals surface area contributed by atoms with Crippen LogP contribution in [0, 0.1) is 0 Å². The number of H-pyrrole nitrogens is 2. The summed E-state index contributed by atoms with van der Waals surface area (Å²) in [5.74, 6) is 0. The van der Waals surface area contributed by atoms with Crippen LogP contribution in [0.4, 0.5) is 0 Å². The molecule has 0 aliphatic carbocycles. The van der Waals surface area contributed by atoms with Gasteiger partial charge in [0.15, 0.2) is 0 Å². The Morgan fingerprint density at radius 2 is 1.76 bits per heavy atom. The van der Waals surface area contributed by atoms with Gasteiger partial charge < -0.3 is 0 Å². The number of aromatic amines is 2. The highest BCUT2D eigenvalue weighted by Crippen LogP contribution is 2.27. The molecular weight excluding hydrogens is 314 g/mol. The Bertz CT molecular complexity index is 1220. The molecule has 0 radical (unpaired) electrons. The molecule has 0 fully saturated rings. The van der Waals surface area contributed by atoms with Gasteiger partial charge >= 0.3 is 5.69 Å². The van der Waals surface area contributed by atoms with Gasteiger partial charge in [0.05, 0.1) is 6.20 Å². The van der Waals surface area contributed by atoms with Crippen molar-refractivity contribution in [3.05, 3.63) is 75.6 Å². The molecule has 0 unspecified atom stereocenters. The minimum Gasteiger partial charge on any atom is -0.268 e. The van der Waals surface area contributed by atoms with Crippen molar-refractivity contribution in [2.24, 2.45) is 0 Å². The summed E-state index contributed by atoms with van der Waals surface area (Å²) in [4.78, 5) is 30.3. The summed E-state index contributed by atoms with van der Waals surface area (Å²) in [6, 6.07) is 16.0. The molecule has 5 nitrogen and oxygen atoms in total. The first-order chi connectivity index (χ1) is 12.1. The second-order valence-corrected chi connectivity index (χ2v) is 6.40. The summed E-state index contributed by atoms with van der Waals surface area (Å²) < 4.78 is 1.57. The third-order valence-corrected chi connectivity index (χ3v) is 4.46. The molecular formula is C20H18N3O2+. The van der Waals surface area contributed by atoms with Gasteiger partial charge in [-0.1, -0.05) is 36.4 Å².